The molecule has 1 aliphatic rings. The summed E-state index contributed by atoms with van der Waals surface area (Å²) in [6.45, 7) is 6.91. The predicted octanol–water partition coefficient (Wildman–Crippen LogP) is 3.80. The standard InChI is InChI=1S/C23H25N5O/c1-17-16-18(2)25-23(24-17)26-21-11-7-6-10-20(21)22(29)28-14-12-27(13-15-28)19-8-4-3-5-9-19/h3-11,16H,12-15H2,1-2H3,(H,24,25,26). The highest BCUT2D eigenvalue weighted by atomic mass is 16.2. The van der Waals surface area contributed by atoms with Gasteiger partial charge in [0, 0.05) is 43.3 Å². The number of benzene rings is 2. The third kappa shape index (κ3) is 4.37. The van der Waals surface area contributed by atoms with Crippen LogP contribution in [0.3, 0.4) is 0 Å². The number of nitrogens with one attached hydrogen (secondary N) is 1. The Balaban J connectivity index is 1.48. The minimum absolute atomic E-state index is 0.0326. The van der Waals surface area contributed by atoms with E-state index in [1.54, 1.807) is 0 Å². The van der Waals surface area contributed by atoms with Crippen molar-refractivity contribution in [2.24, 2.45) is 0 Å². The first-order chi connectivity index (χ1) is 14.1. The third-order valence-corrected chi connectivity index (χ3v) is 5.07. The fraction of sp³-hybridized carbons (Fsp3) is 0.261. The summed E-state index contributed by atoms with van der Waals surface area (Å²) >= 11 is 0. The molecule has 0 atom stereocenters. The summed E-state index contributed by atoms with van der Waals surface area (Å²) in [5.74, 6) is 0.543. The second kappa shape index (κ2) is 8.31. The number of para-hydroxylation sites is 2. The molecule has 0 aliphatic carbocycles. The molecule has 1 saturated heterocycles. The smallest absolute Gasteiger partial charge is 0.256 e. The van der Waals surface area contributed by atoms with Crippen molar-refractivity contribution in [3.8, 4) is 0 Å². The van der Waals surface area contributed by atoms with Gasteiger partial charge in [-0.05, 0) is 44.2 Å². The monoisotopic (exact) mass is 387 g/mol. The summed E-state index contributed by atoms with van der Waals surface area (Å²) in [7, 11) is 0. The Morgan fingerprint density at radius 3 is 2.17 bits per heavy atom. The largest absolute Gasteiger partial charge is 0.368 e. The van der Waals surface area contributed by atoms with Gasteiger partial charge in [0.1, 0.15) is 0 Å². The van der Waals surface area contributed by atoms with Crippen LogP contribution in [0.1, 0.15) is 21.7 Å². The molecule has 0 spiro atoms. The van der Waals surface area contributed by atoms with E-state index < -0.39 is 0 Å². The Bertz CT molecular complexity index is 977. The number of carbonyl (C=O) groups is 1. The Hall–Kier alpha value is -3.41. The lowest BCUT2D eigenvalue weighted by molar-refractivity contribution is 0.0748. The molecule has 2 heterocycles. The summed E-state index contributed by atoms with van der Waals surface area (Å²) in [5, 5.41) is 3.23. The number of anilines is 3. The fourth-order valence-electron chi connectivity index (χ4n) is 3.66. The van der Waals surface area contributed by atoms with E-state index >= 15 is 0 Å². The van der Waals surface area contributed by atoms with E-state index in [-0.39, 0.29) is 5.91 Å². The van der Waals surface area contributed by atoms with Crippen LogP contribution in [0, 0.1) is 13.8 Å². The van der Waals surface area contributed by atoms with Crippen LogP contribution in [0.25, 0.3) is 0 Å². The lowest BCUT2D eigenvalue weighted by Crippen LogP contribution is -2.48. The van der Waals surface area contributed by atoms with Crippen molar-refractivity contribution in [3.05, 3.63) is 77.6 Å². The average molecular weight is 387 g/mol. The minimum atomic E-state index is 0.0326. The molecular formula is C23H25N5O. The highest BCUT2D eigenvalue weighted by molar-refractivity contribution is 6.00. The minimum Gasteiger partial charge on any atom is -0.368 e. The van der Waals surface area contributed by atoms with E-state index in [0.29, 0.717) is 24.6 Å². The summed E-state index contributed by atoms with van der Waals surface area (Å²) < 4.78 is 0. The number of nitrogens with zero attached hydrogens (tertiary/aromatic N) is 4. The molecule has 0 radical (unpaired) electrons. The van der Waals surface area contributed by atoms with Gasteiger partial charge in [-0.15, -0.1) is 0 Å². The molecule has 6 nitrogen and oxygen atoms in total. The molecular weight excluding hydrogens is 362 g/mol. The third-order valence-electron chi connectivity index (χ3n) is 5.07. The van der Waals surface area contributed by atoms with E-state index in [0.717, 1.165) is 30.2 Å². The zero-order chi connectivity index (χ0) is 20.2. The highest BCUT2D eigenvalue weighted by Gasteiger charge is 2.24. The van der Waals surface area contributed by atoms with Crippen LogP contribution in [-0.2, 0) is 0 Å². The van der Waals surface area contributed by atoms with Crippen LogP contribution in [0.4, 0.5) is 17.3 Å². The predicted molar refractivity (Wildman–Crippen MR) is 116 cm³/mol. The fourth-order valence-corrected chi connectivity index (χ4v) is 3.66. The van der Waals surface area contributed by atoms with Crippen molar-refractivity contribution in [2.45, 2.75) is 13.8 Å². The van der Waals surface area contributed by atoms with Crippen molar-refractivity contribution in [1.29, 1.82) is 0 Å². The van der Waals surface area contributed by atoms with Gasteiger partial charge in [-0.25, -0.2) is 9.97 Å². The Morgan fingerprint density at radius 2 is 1.48 bits per heavy atom. The molecule has 2 aromatic carbocycles. The van der Waals surface area contributed by atoms with Gasteiger partial charge in [0.2, 0.25) is 5.95 Å². The Labute approximate surface area is 171 Å². The number of aromatic nitrogens is 2. The normalized spacial score (nSPS) is 14.0. The molecule has 1 aliphatic heterocycles. The van der Waals surface area contributed by atoms with E-state index in [1.165, 1.54) is 5.69 Å². The van der Waals surface area contributed by atoms with Crippen LogP contribution in [0.2, 0.25) is 0 Å². The van der Waals surface area contributed by atoms with Gasteiger partial charge < -0.3 is 15.1 Å². The van der Waals surface area contributed by atoms with Gasteiger partial charge in [-0.1, -0.05) is 30.3 Å². The lowest BCUT2D eigenvalue weighted by Gasteiger charge is -2.36. The summed E-state index contributed by atoms with van der Waals surface area (Å²) in [6, 6.07) is 19.8. The number of hydrogen-bond donors (Lipinski definition) is 1. The van der Waals surface area contributed by atoms with Crippen LogP contribution >= 0.6 is 0 Å². The van der Waals surface area contributed by atoms with Crippen LogP contribution in [-0.4, -0.2) is 47.0 Å². The summed E-state index contributed by atoms with van der Waals surface area (Å²) in [6.07, 6.45) is 0. The molecule has 1 amide bonds. The van der Waals surface area contributed by atoms with Crippen molar-refractivity contribution in [1.82, 2.24) is 14.9 Å². The molecule has 1 N–H and O–H groups in total. The van der Waals surface area contributed by atoms with Crippen molar-refractivity contribution < 1.29 is 4.79 Å². The average Bonchev–Trinajstić information content (AvgIpc) is 2.74. The Morgan fingerprint density at radius 1 is 0.862 bits per heavy atom. The van der Waals surface area contributed by atoms with Crippen molar-refractivity contribution >= 4 is 23.2 Å². The number of amides is 1. The topological polar surface area (TPSA) is 61.4 Å². The summed E-state index contributed by atoms with van der Waals surface area (Å²) in [4.78, 5) is 26.3. The van der Waals surface area contributed by atoms with E-state index in [9.17, 15) is 4.79 Å². The first-order valence-electron chi connectivity index (χ1n) is 9.88. The molecule has 3 aromatic rings. The van der Waals surface area contributed by atoms with Crippen LogP contribution < -0.4 is 10.2 Å². The molecule has 1 fully saturated rings. The second-order valence-electron chi connectivity index (χ2n) is 7.26. The van der Waals surface area contributed by atoms with Crippen LogP contribution in [0.15, 0.2) is 60.7 Å². The van der Waals surface area contributed by atoms with Gasteiger partial charge in [-0.3, -0.25) is 4.79 Å². The van der Waals surface area contributed by atoms with E-state index in [4.69, 9.17) is 0 Å². The number of piperazine rings is 1. The molecule has 148 valence electrons. The van der Waals surface area contributed by atoms with Gasteiger partial charge in [0.05, 0.1) is 11.3 Å². The quantitative estimate of drug-likeness (QED) is 0.738. The molecule has 29 heavy (non-hydrogen) atoms. The van der Waals surface area contributed by atoms with Gasteiger partial charge in [0.15, 0.2) is 0 Å². The zero-order valence-corrected chi connectivity index (χ0v) is 16.8. The van der Waals surface area contributed by atoms with Crippen molar-refractivity contribution in [3.63, 3.8) is 0 Å². The molecule has 1 aromatic heterocycles. The van der Waals surface area contributed by atoms with Crippen molar-refractivity contribution in [2.75, 3.05) is 36.4 Å². The first kappa shape index (κ1) is 18.9. The lowest BCUT2D eigenvalue weighted by atomic mass is 10.1. The number of hydrogen-bond acceptors (Lipinski definition) is 5. The molecule has 6 heteroatoms. The molecule has 4 rings (SSSR count). The molecule has 0 saturated carbocycles. The maximum absolute atomic E-state index is 13.2. The number of carbonyl (C=O) groups excluding carboxylic acids is 1. The van der Waals surface area contributed by atoms with Crippen LogP contribution in [0.5, 0.6) is 0 Å². The van der Waals surface area contributed by atoms with Gasteiger partial charge in [-0.2, -0.15) is 0 Å². The van der Waals surface area contributed by atoms with E-state index in [1.807, 2.05) is 67.3 Å². The van der Waals surface area contributed by atoms with E-state index in [2.05, 4.69) is 32.3 Å². The summed E-state index contributed by atoms with van der Waals surface area (Å²) in [5.41, 5.74) is 4.35. The first-order valence-corrected chi connectivity index (χ1v) is 9.88. The zero-order valence-electron chi connectivity index (χ0n) is 16.8. The van der Waals surface area contributed by atoms with Gasteiger partial charge >= 0.3 is 0 Å². The Kier molecular flexibility index (Phi) is 5.42. The van der Waals surface area contributed by atoms with Gasteiger partial charge in [0.25, 0.3) is 5.91 Å². The maximum Gasteiger partial charge on any atom is 0.256 e. The molecule has 0 bridgehead atoms. The highest BCUT2D eigenvalue weighted by Crippen LogP contribution is 2.22. The second-order valence-corrected chi connectivity index (χ2v) is 7.26. The maximum atomic E-state index is 13.2. The number of rotatable bonds is 4. The number of aryl methyl sites for hydroxylation is 2. The molecule has 0 unspecified atom stereocenters. The SMILES string of the molecule is Cc1cc(C)nc(Nc2ccccc2C(=O)N2CCN(c3ccccc3)CC2)n1.